The van der Waals surface area contributed by atoms with E-state index in [9.17, 15) is 18.0 Å². The molecule has 0 N–H and O–H groups in total. The fourth-order valence-electron chi connectivity index (χ4n) is 1.95. The van der Waals surface area contributed by atoms with Crippen molar-refractivity contribution in [1.82, 2.24) is 4.90 Å². The lowest BCUT2D eigenvalue weighted by molar-refractivity contribution is -0.153. The Morgan fingerprint density at radius 2 is 2.10 bits per heavy atom. The van der Waals surface area contributed by atoms with Crippen LogP contribution in [0.4, 0.5) is 13.2 Å². The van der Waals surface area contributed by atoms with E-state index in [2.05, 4.69) is 15.9 Å². The van der Waals surface area contributed by atoms with E-state index < -0.39 is 12.8 Å². The average Bonchev–Trinajstić information content (AvgIpc) is 2.32. The van der Waals surface area contributed by atoms with Crippen molar-refractivity contribution in [2.24, 2.45) is 5.92 Å². The lowest BCUT2D eigenvalue weighted by Crippen LogP contribution is -2.48. The highest BCUT2D eigenvalue weighted by atomic mass is 79.9. The number of hydrogen-bond donors (Lipinski definition) is 0. The third-order valence-electron chi connectivity index (χ3n) is 2.92. The van der Waals surface area contributed by atoms with E-state index in [1.54, 1.807) is 11.0 Å². The lowest BCUT2D eigenvalue weighted by atomic mass is 10.0. The van der Waals surface area contributed by atoms with Crippen molar-refractivity contribution in [3.05, 3.63) is 28.2 Å². The van der Waals surface area contributed by atoms with Gasteiger partial charge < -0.3 is 9.64 Å². The van der Waals surface area contributed by atoms with Gasteiger partial charge in [0.15, 0.2) is 6.61 Å². The Morgan fingerprint density at radius 3 is 2.65 bits per heavy atom. The van der Waals surface area contributed by atoms with Gasteiger partial charge in [-0.3, -0.25) is 4.79 Å². The molecule has 110 valence electrons. The minimum Gasteiger partial charge on any atom is -0.483 e. The summed E-state index contributed by atoms with van der Waals surface area (Å²) < 4.78 is 41.5. The molecule has 1 saturated heterocycles. The summed E-state index contributed by atoms with van der Waals surface area (Å²) in [4.78, 5) is 13.7. The van der Waals surface area contributed by atoms with Crippen LogP contribution in [0.1, 0.15) is 17.3 Å². The molecule has 1 aromatic carbocycles. The number of nitrogens with zero attached hydrogens (tertiary/aromatic N) is 1. The van der Waals surface area contributed by atoms with Gasteiger partial charge >= 0.3 is 6.18 Å². The number of rotatable bonds is 3. The van der Waals surface area contributed by atoms with Crippen molar-refractivity contribution in [2.75, 3.05) is 19.7 Å². The molecule has 1 heterocycles. The SMILES string of the molecule is CC1CN(C(=O)c2ccc(Br)c(OCC(F)(F)F)c2)C1. The Kier molecular flexibility index (Phi) is 4.27. The van der Waals surface area contributed by atoms with Gasteiger partial charge in [0.1, 0.15) is 5.75 Å². The predicted molar refractivity (Wildman–Crippen MR) is 70.8 cm³/mol. The Balaban J connectivity index is 2.10. The molecule has 0 aliphatic carbocycles. The summed E-state index contributed by atoms with van der Waals surface area (Å²) in [6.45, 7) is 1.99. The van der Waals surface area contributed by atoms with E-state index in [1.165, 1.54) is 12.1 Å². The maximum Gasteiger partial charge on any atom is 0.422 e. The highest BCUT2D eigenvalue weighted by Crippen LogP contribution is 2.29. The van der Waals surface area contributed by atoms with Crippen molar-refractivity contribution < 1.29 is 22.7 Å². The highest BCUT2D eigenvalue weighted by Gasteiger charge is 2.30. The summed E-state index contributed by atoms with van der Waals surface area (Å²) in [5.41, 5.74) is 0.331. The first-order chi connectivity index (χ1) is 9.26. The maximum absolute atomic E-state index is 12.2. The van der Waals surface area contributed by atoms with Crippen molar-refractivity contribution in [3.63, 3.8) is 0 Å². The maximum atomic E-state index is 12.2. The molecule has 1 fully saturated rings. The van der Waals surface area contributed by atoms with Crippen LogP contribution in [0.25, 0.3) is 0 Å². The number of hydrogen-bond acceptors (Lipinski definition) is 2. The quantitative estimate of drug-likeness (QED) is 0.834. The van der Waals surface area contributed by atoms with E-state index >= 15 is 0 Å². The highest BCUT2D eigenvalue weighted by molar-refractivity contribution is 9.10. The molecule has 0 radical (unpaired) electrons. The largest absolute Gasteiger partial charge is 0.483 e. The first kappa shape index (κ1) is 15.2. The van der Waals surface area contributed by atoms with Gasteiger partial charge in [-0.25, -0.2) is 0 Å². The smallest absolute Gasteiger partial charge is 0.422 e. The van der Waals surface area contributed by atoms with Crippen molar-refractivity contribution in [2.45, 2.75) is 13.1 Å². The number of likely N-dealkylation sites (tertiary alicyclic amines) is 1. The molecule has 3 nitrogen and oxygen atoms in total. The van der Waals surface area contributed by atoms with E-state index in [0.29, 0.717) is 29.0 Å². The Labute approximate surface area is 122 Å². The first-order valence-electron chi connectivity index (χ1n) is 6.04. The molecule has 1 aromatic rings. The number of benzene rings is 1. The zero-order chi connectivity index (χ0) is 14.9. The molecule has 0 unspecified atom stereocenters. The molecule has 0 aromatic heterocycles. The summed E-state index contributed by atoms with van der Waals surface area (Å²) in [5, 5.41) is 0. The fraction of sp³-hybridized carbons (Fsp3) is 0.462. The van der Waals surface area contributed by atoms with Crippen LogP contribution in [-0.2, 0) is 0 Å². The molecule has 20 heavy (non-hydrogen) atoms. The zero-order valence-corrected chi connectivity index (χ0v) is 12.3. The van der Waals surface area contributed by atoms with Gasteiger partial charge in [-0.1, -0.05) is 6.92 Å². The van der Waals surface area contributed by atoms with Gasteiger partial charge in [-0.15, -0.1) is 0 Å². The molecule has 1 amide bonds. The van der Waals surface area contributed by atoms with Gasteiger partial charge in [0.25, 0.3) is 5.91 Å². The van der Waals surface area contributed by atoms with Crippen LogP contribution in [0.2, 0.25) is 0 Å². The molecule has 2 rings (SSSR count). The number of carbonyl (C=O) groups excluding carboxylic acids is 1. The number of alkyl halides is 3. The Hall–Kier alpha value is -1.24. The minimum atomic E-state index is -4.41. The summed E-state index contributed by atoms with van der Waals surface area (Å²) in [6, 6.07) is 4.42. The van der Waals surface area contributed by atoms with E-state index in [0.717, 1.165) is 0 Å². The Bertz CT molecular complexity index is 513. The molecule has 1 aliphatic rings. The van der Waals surface area contributed by atoms with Gasteiger partial charge in [0, 0.05) is 18.7 Å². The van der Waals surface area contributed by atoms with E-state index in [4.69, 9.17) is 4.74 Å². The molecule has 0 atom stereocenters. The third kappa shape index (κ3) is 3.65. The first-order valence-corrected chi connectivity index (χ1v) is 6.84. The van der Waals surface area contributed by atoms with Crippen molar-refractivity contribution >= 4 is 21.8 Å². The van der Waals surface area contributed by atoms with Gasteiger partial charge in [-0.05, 0) is 40.0 Å². The molecular weight excluding hydrogens is 339 g/mol. The van der Waals surface area contributed by atoms with Crippen LogP contribution >= 0.6 is 15.9 Å². The second kappa shape index (κ2) is 5.63. The third-order valence-corrected chi connectivity index (χ3v) is 3.58. The summed E-state index contributed by atoms with van der Waals surface area (Å²) in [5.74, 6) is 0.296. The summed E-state index contributed by atoms with van der Waals surface area (Å²) in [6.07, 6.45) is -4.41. The number of halogens is 4. The monoisotopic (exact) mass is 351 g/mol. The van der Waals surface area contributed by atoms with Gasteiger partial charge in [-0.2, -0.15) is 13.2 Å². The van der Waals surface area contributed by atoms with Crippen LogP contribution in [0, 0.1) is 5.92 Å². The molecular formula is C13H13BrF3NO2. The number of ether oxygens (including phenoxy) is 1. The average molecular weight is 352 g/mol. The summed E-state index contributed by atoms with van der Waals surface area (Å²) in [7, 11) is 0. The number of carbonyl (C=O) groups is 1. The van der Waals surface area contributed by atoms with Crippen LogP contribution in [-0.4, -0.2) is 36.7 Å². The topological polar surface area (TPSA) is 29.5 Å². The van der Waals surface area contributed by atoms with Crippen LogP contribution in [0.3, 0.4) is 0 Å². The minimum absolute atomic E-state index is 0.0155. The zero-order valence-electron chi connectivity index (χ0n) is 10.7. The van der Waals surface area contributed by atoms with Crippen molar-refractivity contribution in [1.29, 1.82) is 0 Å². The molecule has 0 bridgehead atoms. The molecule has 0 spiro atoms. The number of amides is 1. The van der Waals surface area contributed by atoms with Crippen LogP contribution < -0.4 is 4.74 Å². The van der Waals surface area contributed by atoms with Gasteiger partial charge in [0.2, 0.25) is 0 Å². The molecule has 1 aliphatic heterocycles. The second-order valence-corrected chi connectivity index (χ2v) is 5.72. The predicted octanol–water partition coefficient (Wildman–Crippen LogP) is 3.48. The normalized spacial score (nSPS) is 15.9. The Morgan fingerprint density at radius 1 is 1.45 bits per heavy atom. The molecule has 0 saturated carbocycles. The van der Waals surface area contributed by atoms with Gasteiger partial charge in [0.05, 0.1) is 4.47 Å². The second-order valence-electron chi connectivity index (χ2n) is 4.86. The lowest BCUT2D eigenvalue weighted by Gasteiger charge is -2.37. The fourth-order valence-corrected chi connectivity index (χ4v) is 2.32. The van der Waals surface area contributed by atoms with Crippen LogP contribution in [0.5, 0.6) is 5.75 Å². The standard InChI is InChI=1S/C13H13BrF3NO2/c1-8-5-18(6-8)12(19)9-2-3-10(14)11(4-9)20-7-13(15,16)17/h2-4,8H,5-7H2,1H3. The van der Waals surface area contributed by atoms with E-state index in [1.807, 2.05) is 6.92 Å². The van der Waals surface area contributed by atoms with Crippen molar-refractivity contribution in [3.8, 4) is 5.75 Å². The van der Waals surface area contributed by atoms with E-state index in [-0.39, 0.29) is 11.7 Å². The molecule has 7 heteroatoms. The summed E-state index contributed by atoms with van der Waals surface area (Å²) >= 11 is 3.11. The van der Waals surface area contributed by atoms with Crippen LogP contribution in [0.15, 0.2) is 22.7 Å².